The van der Waals surface area contributed by atoms with Gasteiger partial charge < -0.3 is 9.84 Å². The van der Waals surface area contributed by atoms with Crippen molar-refractivity contribution in [2.75, 3.05) is 0 Å². The third kappa shape index (κ3) is 2.76. The van der Waals surface area contributed by atoms with Crippen molar-refractivity contribution in [2.24, 2.45) is 0 Å². The number of aromatic hydroxyl groups is 1. The van der Waals surface area contributed by atoms with E-state index in [1.165, 1.54) is 19.3 Å². The first kappa shape index (κ1) is 11.5. The quantitative estimate of drug-likeness (QED) is 0.839. The summed E-state index contributed by atoms with van der Waals surface area (Å²) in [7, 11) is 0. The van der Waals surface area contributed by atoms with Crippen LogP contribution in [0.2, 0.25) is 0 Å². The zero-order valence-electron chi connectivity index (χ0n) is 9.86. The van der Waals surface area contributed by atoms with Crippen molar-refractivity contribution in [3.8, 4) is 5.75 Å². The van der Waals surface area contributed by atoms with Crippen molar-refractivity contribution in [2.45, 2.75) is 51.2 Å². The topological polar surface area (TPSA) is 29.5 Å². The van der Waals surface area contributed by atoms with Gasteiger partial charge in [0.1, 0.15) is 5.75 Å². The van der Waals surface area contributed by atoms with Gasteiger partial charge in [-0.15, -0.1) is 0 Å². The minimum atomic E-state index is -0.00991. The summed E-state index contributed by atoms with van der Waals surface area (Å²) in [6, 6.07) is 7.43. The highest BCUT2D eigenvalue weighted by Crippen LogP contribution is 2.30. The van der Waals surface area contributed by atoms with Gasteiger partial charge in [-0.05, 0) is 25.8 Å². The fourth-order valence-electron chi connectivity index (χ4n) is 2.39. The smallest absolute Gasteiger partial charge is 0.121 e. The van der Waals surface area contributed by atoms with Crippen LogP contribution in [-0.2, 0) is 4.74 Å². The minimum Gasteiger partial charge on any atom is -0.508 e. The van der Waals surface area contributed by atoms with Crippen LogP contribution in [0.1, 0.15) is 50.7 Å². The summed E-state index contributed by atoms with van der Waals surface area (Å²) in [5.41, 5.74) is 0.896. The summed E-state index contributed by atoms with van der Waals surface area (Å²) in [6.45, 7) is 2.02. The number of hydrogen-bond donors (Lipinski definition) is 1. The lowest BCUT2D eigenvalue weighted by atomic mass is 9.97. The molecule has 88 valence electrons. The SMILES string of the molecule is CC(OC1CCCCC1)c1ccccc1O. The highest BCUT2D eigenvalue weighted by atomic mass is 16.5. The molecule has 1 N–H and O–H groups in total. The standard InChI is InChI=1S/C14H20O2/c1-11(13-9-5-6-10-14(13)15)16-12-7-3-2-4-8-12/h5-6,9-12,15H,2-4,7-8H2,1H3. The van der Waals surface area contributed by atoms with Gasteiger partial charge >= 0.3 is 0 Å². The molecular weight excluding hydrogens is 200 g/mol. The predicted molar refractivity (Wildman–Crippen MR) is 64.5 cm³/mol. The fourth-order valence-corrected chi connectivity index (χ4v) is 2.39. The maximum Gasteiger partial charge on any atom is 0.121 e. The van der Waals surface area contributed by atoms with Crippen LogP contribution in [0.15, 0.2) is 24.3 Å². The number of ether oxygens (including phenoxy) is 1. The number of benzene rings is 1. The summed E-state index contributed by atoms with van der Waals surface area (Å²) >= 11 is 0. The van der Waals surface area contributed by atoms with E-state index in [1.54, 1.807) is 6.07 Å². The zero-order chi connectivity index (χ0) is 11.4. The Labute approximate surface area is 97.3 Å². The molecule has 1 fully saturated rings. The van der Waals surface area contributed by atoms with Gasteiger partial charge in [0.2, 0.25) is 0 Å². The molecule has 1 saturated carbocycles. The van der Waals surface area contributed by atoms with E-state index in [4.69, 9.17) is 4.74 Å². The van der Waals surface area contributed by atoms with Crippen molar-refractivity contribution in [3.05, 3.63) is 29.8 Å². The van der Waals surface area contributed by atoms with Crippen molar-refractivity contribution >= 4 is 0 Å². The average molecular weight is 220 g/mol. The van der Waals surface area contributed by atoms with E-state index >= 15 is 0 Å². The third-order valence-corrected chi connectivity index (χ3v) is 3.32. The molecule has 1 aliphatic carbocycles. The van der Waals surface area contributed by atoms with Crippen molar-refractivity contribution in [1.82, 2.24) is 0 Å². The van der Waals surface area contributed by atoms with Gasteiger partial charge in [-0.25, -0.2) is 0 Å². The summed E-state index contributed by atoms with van der Waals surface area (Å²) in [4.78, 5) is 0. The molecule has 1 unspecified atom stereocenters. The largest absolute Gasteiger partial charge is 0.508 e. The molecule has 1 aromatic rings. The minimum absolute atomic E-state index is 0.00991. The Morgan fingerprint density at radius 1 is 1.19 bits per heavy atom. The van der Waals surface area contributed by atoms with Gasteiger partial charge in [0.25, 0.3) is 0 Å². The van der Waals surface area contributed by atoms with Crippen LogP contribution >= 0.6 is 0 Å². The van der Waals surface area contributed by atoms with Gasteiger partial charge in [-0.3, -0.25) is 0 Å². The molecule has 2 rings (SSSR count). The van der Waals surface area contributed by atoms with Crippen LogP contribution in [0.4, 0.5) is 0 Å². The molecule has 2 nitrogen and oxygen atoms in total. The summed E-state index contributed by atoms with van der Waals surface area (Å²) in [6.07, 6.45) is 6.59. The second-order valence-electron chi connectivity index (χ2n) is 4.60. The van der Waals surface area contributed by atoms with E-state index in [0.717, 1.165) is 18.4 Å². The van der Waals surface area contributed by atoms with E-state index in [1.807, 2.05) is 25.1 Å². The lowest BCUT2D eigenvalue weighted by molar-refractivity contribution is -0.0231. The van der Waals surface area contributed by atoms with Crippen LogP contribution in [-0.4, -0.2) is 11.2 Å². The number of hydrogen-bond acceptors (Lipinski definition) is 2. The second-order valence-corrected chi connectivity index (χ2v) is 4.60. The van der Waals surface area contributed by atoms with E-state index in [0.29, 0.717) is 11.9 Å². The zero-order valence-corrected chi connectivity index (χ0v) is 9.86. The first-order chi connectivity index (χ1) is 7.77. The highest BCUT2D eigenvalue weighted by Gasteiger charge is 2.18. The van der Waals surface area contributed by atoms with E-state index in [9.17, 15) is 5.11 Å². The first-order valence-corrected chi connectivity index (χ1v) is 6.20. The lowest BCUT2D eigenvalue weighted by Crippen LogP contribution is -2.18. The number of rotatable bonds is 3. The van der Waals surface area contributed by atoms with Crippen molar-refractivity contribution < 1.29 is 9.84 Å². The highest BCUT2D eigenvalue weighted by molar-refractivity contribution is 5.33. The Kier molecular flexibility index (Phi) is 3.83. The van der Waals surface area contributed by atoms with E-state index in [2.05, 4.69) is 0 Å². The van der Waals surface area contributed by atoms with E-state index < -0.39 is 0 Å². The Hall–Kier alpha value is -1.02. The van der Waals surface area contributed by atoms with Crippen molar-refractivity contribution in [1.29, 1.82) is 0 Å². The van der Waals surface area contributed by atoms with Crippen LogP contribution in [0.3, 0.4) is 0 Å². The second kappa shape index (κ2) is 5.35. The van der Waals surface area contributed by atoms with E-state index in [-0.39, 0.29) is 6.10 Å². The van der Waals surface area contributed by atoms with Gasteiger partial charge in [-0.1, -0.05) is 37.5 Å². The normalized spacial score (nSPS) is 19.6. The molecule has 2 heteroatoms. The van der Waals surface area contributed by atoms with Crippen LogP contribution in [0, 0.1) is 0 Å². The van der Waals surface area contributed by atoms with Crippen molar-refractivity contribution in [3.63, 3.8) is 0 Å². The molecule has 0 bridgehead atoms. The Morgan fingerprint density at radius 2 is 1.88 bits per heavy atom. The molecule has 1 aliphatic rings. The molecule has 16 heavy (non-hydrogen) atoms. The first-order valence-electron chi connectivity index (χ1n) is 6.20. The van der Waals surface area contributed by atoms with Crippen LogP contribution < -0.4 is 0 Å². The fraction of sp³-hybridized carbons (Fsp3) is 0.571. The molecule has 0 spiro atoms. The summed E-state index contributed by atoms with van der Waals surface area (Å²) in [5, 5.41) is 9.73. The predicted octanol–water partition coefficient (Wildman–Crippen LogP) is 3.80. The Balaban J connectivity index is 1.96. The molecule has 0 amide bonds. The number of phenols is 1. The maximum absolute atomic E-state index is 9.73. The van der Waals surface area contributed by atoms with Gasteiger partial charge in [-0.2, -0.15) is 0 Å². The molecule has 1 atom stereocenters. The molecule has 1 aromatic carbocycles. The van der Waals surface area contributed by atoms with Crippen LogP contribution in [0.5, 0.6) is 5.75 Å². The Bertz CT molecular complexity index is 329. The molecule has 0 aromatic heterocycles. The van der Waals surface area contributed by atoms with Gasteiger partial charge in [0.05, 0.1) is 12.2 Å². The molecule has 0 radical (unpaired) electrons. The van der Waals surface area contributed by atoms with Gasteiger partial charge in [0.15, 0.2) is 0 Å². The molecule has 0 saturated heterocycles. The number of para-hydroxylation sites is 1. The average Bonchev–Trinajstić information content (AvgIpc) is 2.31. The maximum atomic E-state index is 9.73. The molecule has 0 aliphatic heterocycles. The Morgan fingerprint density at radius 3 is 2.56 bits per heavy atom. The lowest BCUT2D eigenvalue weighted by Gasteiger charge is -2.26. The summed E-state index contributed by atoms with van der Waals surface area (Å²) < 4.78 is 6.00. The third-order valence-electron chi connectivity index (χ3n) is 3.32. The van der Waals surface area contributed by atoms with Gasteiger partial charge in [0, 0.05) is 5.56 Å². The molecular formula is C14H20O2. The monoisotopic (exact) mass is 220 g/mol. The summed E-state index contributed by atoms with van der Waals surface area (Å²) in [5.74, 6) is 0.339. The number of phenolic OH excluding ortho intramolecular Hbond substituents is 1. The molecule has 0 heterocycles. The van der Waals surface area contributed by atoms with Crippen LogP contribution in [0.25, 0.3) is 0 Å².